The quantitative estimate of drug-likeness (QED) is 0.907. The van der Waals surface area contributed by atoms with E-state index in [4.69, 9.17) is 0 Å². The normalized spacial score (nSPS) is 11.8. The second kappa shape index (κ2) is 5.87. The molecule has 0 fully saturated rings. The maximum Gasteiger partial charge on any atom is 0.154 e. The third kappa shape index (κ3) is 4.00. The first-order valence-electron chi connectivity index (χ1n) is 5.55. The Morgan fingerprint density at radius 3 is 2.59 bits per heavy atom. The molecule has 0 saturated carbocycles. The van der Waals surface area contributed by atoms with Crippen LogP contribution in [0.15, 0.2) is 22.7 Å². The average Bonchev–Trinajstić information content (AvgIpc) is 2.24. The van der Waals surface area contributed by atoms with Gasteiger partial charge in [0, 0.05) is 16.7 Å². The molecule has 0 aliphatic carbocycles. The van der Waals surface area contributed by atoms with Crippen LogP contribution < -0.4 is 5.32 Å². The molecule has 5 heteroatoms. The number of benzene rings is 1. The molecule has 0 atom stereocenters. The van der Waals surface area contributed by atoms with Crippen molar-refractivity contribution in [2.75, 3.05) is 17.6 Å². The number of hydrogen-bond acceptors (Lipinski definition) is 3. The van der Waals surface area contributed by atoms with Crippen molar-refractivity contribution in [2.45, 2.75) is 26.0 Å². The van der Waals surface area contributed by atoms with Crippen molar-refractivity contribution in [3.8, 4) is 0 Å². The molecule has 0 heterocycles. The van der Waals surface area contributed by atoms with Gasteiger partial charge in [-0.25, -0.2) is 8.42 Å². The van der Waals surface area contributed by atoms with Gasteiger partial charge in [-0.3, -0.25) is 0 Å². The predicted molar refractivity (Wildman–Crippen MR) is 76.3 cm³/mol. The van der Waals surface area contributed by atoms with Crippen LogP contribution in [0.2, 0.25) is 0 Å². The van der Waals surface area contributed by atoms with E-state index in [1.807, 2.05) is 25.1 Å². The number of rotatable bonds is 5. The zero-order valence-corrected chi connectivity index (χ0v) is 12.7. The molecule has 0 aromatic heterocycles. The van der Waals surface area contributed by atoms with E-state index in [-0.39, 0.29) is 11.0 Å². The summed E-state index contributed by atoms with van der Waals surface area (Å²) in [4.78, 5) is 0. The standard InChI is InChI=1S/C12H18BrNO2S/c1-9(2)17(15,16)8-7-14-11-6-4-5-10(3)12(11)13/h4-6,9,14H,7-8H2,1-3H3. The Kier molecular flexibility index (Phi) is 5.01. The van der Waals surface area contributed by atoms with Crippen molar-refractivity contribution in [3.05, 3.63) is 28.2 Å². The lowest BCUT2D eigenvalue weighted by atomic mass is 10.2. The van der Waals surface area contributed by atoms with Gasteiger partial charge >= 0.3 is 0 Å². The predicted octanol–water partition coefficient (Wildman–Crippen LogP) is 2.99. The number of sulfone groups is 1. The maximum atomic E-state index is 11.6. The van der Waals surface area contributed by atoms with Crippen molar-refractivity contribution >= 4 is 31.5 Å². The Labute approximate surface area is 112 Å². The number of nitrogens with one attached hydrogen (secondary N) is 1. The van der Waals surface area contributed by atoms with Gasteiger partial charge in [0.2, 0.25) is 0 Å². The molecule has 1 N–H and O–H groups in total. The van der Waals surface area contributed by atoms with Crippen LogP contribution in [0.4, 0.5) is 5.69 Å². The summed E-state index contributed by atoms with van der Waals surface area (Å²) in [7, 11) is -2.97. The summed E-state index contributed by atoms with van der Waals surface area (Å²) in [5, 5.41) is 2.82. The second-order valence-corrected chi connectivity index (χ2v) is 7.75. The molecule has 1 aromatic rings. The molecular weight excluding hydrogens is 302 g/mol. The van der Waals surface area contributed by atoms with E-state index >= 15 is 0 Å². The molecule has 0 radical (unpaired) electrons. The lowest BCUT2D eigenvalue weighted by molar-refractivity contribution is 0.588. The zero-order chi connectivity index (χ0) is 13.1. The van der Waals surface area contributed by atoms with Crippen molar-refractivity contribution < 1.29 is 8.42 Å². The van der Waals surface area contributed by atoms with Crippen LogP contribution in [0.5, 0.6) is 0 Å². The van der Waals surface area contributed by atoms with Gasteiger partial charge in [0.05, 0.1) is 11.0 Å². The molecule has 0 spiro atoms. The van der Waals surface area contributed by atoms with Crippen LogP contribution in [0.1, 0.15) is 19.4 Å². The Balaban J connectivity index is 2.61. The Bertz CT molecular complexity index is 483. The molecule has 0 unspecified atom stereocenters. The highest BCUT2D eigenvalue weighted by atomic mass is 79.9. The SMILES string of the molecule is Cc1cccc(NCCS(=O)(=O)C(C)C)c1Br. The third-order valence-electron chi connectivity index (χ3n) is 2.61. The molecule has 1 rings (SSSR count). The first kappa shape index (κ1) is 14.5. The molecule has 96 valence electrons. The topological polar surface area (TPSA) is 46.2 Å². The fourth-order valence-electron chi connectivity index (χ4n) is 1.35. The molecule has 0 saturated heterocycles. The van der Waals surface area contributed by atoms with Gasteiger partial charge in [-0.2, -0.15) is 0 Å². The summed E-state index contributed by atoms with van der Waals surface area (Å²) in [5.74, 6) is 0.158. The number of hydrogen-bond donors (Lipinski definition) is 1. The molecule has 0 bridgehead atoms. The minimum atomic E-state index is -2.97. The van der Waals surface area contributed by atoms with Gasteiger partial charge in [0.15, 0.2) is 9.84 Å². The van der Waals surface area contributed by atoms with E-state index in [0.717, 1.165) is 15.7 Å². The zero-order valence-electron chi connectivity index (χ0n) is 10.3. The van der Waals surface area contributed by atoms with E-state index in [2.05, 4.69) is 21.2 Å². The van der Waals surface area contributed by atoms with Gasteiger partial charge in [0.25, 0.3) is 0 Å². The van der Waals surface area contributed by atoms with E-state index < -0.39 is 9.84 Å². The fraction of sp³-hybridized carbons (Fsp3) is 0.500. The van der Waals surface area contributed by atoms with Crippen LogP contribution >= 0.6 is 15.9 Å². The minimum Gasteiger partial charge on any atom is -0.383 e. The number of aryl methyl sites for hydroxylation is 1. The number of anilines is 1. The maximum absolute atomic E-state index is 11.6. The van der Waals surface area contributed by atoms with Gasteiger partial charge in [-0.15, -0.1) is 0 Å². The molecular formula is C12H18BrNO2S. The largest absolute Gasteiger partial charge is 0.383 e. The van der Waals surface area contributed by atoms with Crippen LogP contribution in [0.3, 0.4) is 0 Å². The second-order valence-electron chi connectivity index (χ2n) is 4.28. The first-order chi connectivity index (χ1) is 7.84. The summed E-state index contributed by atoms with van der Waals surface area (Å²) in [6, 6.07) is 5.87. The van der Waals surface area contributed by atoms with E-state index in [1.165, 1.54) is 0 Å². The lowest BCUT2D eigenvalue weighted by Gasteiger charge is -2.11. The molecule has 0 aliphatic heterocycles. The summed E-state index contributed by atoms with van der Waals surface area (Å²) in [5.41, 5.74) is 2.06. The van der Waals surface area contributed by atoms with E-state index in [9.17, 15) is 8.42 Å². The van der Waals surface area contributed by atoms with Crippen molar-refractivity contribution in [3.63, 3.8) is 0 Å². The van der Waals surface area contributed by atoms with Crippen LogP contribution in [0, 0.1) is 6.92 Å². The Morgan fingerprint density at radius 2 is 2.00 bits per heavy atom. The number of halogens is 1. The van der Waals surface area contributed by atoms with Crippen molar-refractivity contribution in [1.29, 1.82) is 0 Å². The summed E-state index contributed by atoms with van der Waals surface area (Å²) in [6.45, 7) is 5.85. The Morgan fingerprint density at radius 1 is 1.35 bits per heavy atom. The summed E-state index contributed by atoms with van der Waals surface area (Å²) >= 11 is 3.48. The summed E-state index contributed by atoms with van der Waals surface area (Å²) < 4.78 is 24.2. The lowest BCUT2D eigenvalue weighted by Crippen LogP contribution is -2.23. The molecule has 1 aromatic carbocycles. The van der Waals surface area contributed by atoms with Gasteiger partial charge in [-0.1, -0.05) is 12.1 Å². The van der Waals surface area contributed by atoms with Crippen LogP contribution in [-0.4, -0.2) is 26.0 Å². The average molecular weight is 320 g/mol. The van der Waals surface area contributed by atoms with Gasteiger partial charge < -0.3 is 5.32 Å². The highest BCUT2D eigenvalue weighted by Crippen LogP contribution is 2.25. The van der Waals surface area contributed by atoms with Crippen LogP contribution in [-0.2, 0) is 9.84 Å². The highest BCUT2D eigenvalue weighted by molar-refractivity contribution is 9.10. The highest BCUT2D eigenvalue weighted by Gasteiger charge is 2.15. The summed E-state index contributed by atoms with van der Waals surface area (Å²) in [6.07, 6.45) is 0. The molecule has 0 aliphatic rings. The van der Waals surface area contributed by atoms with E-state index in [0.29, 0.717) is 6.54 Å². The van der Waals surface area contributed by atoms with Gasteiger partial charge in [-0.05, 0) is 48.3 Å². The smallest absolute Gasteiger partial charge is 0.154 e. The first-order valence-corrected chi connectivity index (χ1v) is 8.06. The fourth-order valence-corrected chi connectivity index (χ4v) is 2.61. The molecule has 3 nitrogen and oxygen atoms in total. The Hall–Kier alpha value is -0.550. The minimum absolute atomic E-state index is 0.158. The monoisotopic (exact) mass is 319 g/mol. The van der Waals surface area contributed by atoms with Crippen molar-refractivity contribution in [1.82, 2.24) is 0 Å². The third-order valence-corrected chi connectivity index (χ3v) is 5.87. The van der Waals surface area contributed by atoms with Crippen molar-refractivity contribution in [2.24, 2.45) is 0 Å². The van der Waals surface area contributed by atoms with E-state index in [1.54, 1.807) is 13.8 Å². The molecule has 0 amide bonds. The van der Waals surface area contributed by atoms with Crippen LogP contribution in [0.25, 0.3) is 0 Å². The molecule has 17 heavy (non-hydrogen) atoms. The van der Waals surface area contributed by atoms with Gasteiger partial charge in [0.1, 0.15) is 0 Å².